The zero-order valence-electron chi connectivity index (χ0n) is 7.02. The second-order valence-electron chi connectivity index (χ2n) is 2.74. The second kappa shape index (κ2) is 4.75. The van der Waals surface area contributed by atoms with Crippen molar-refractivity contribution in [3.05, 3.63) is 35.9 Å². The maximum absolute atomic E-state index is 10.9. The molecule has 0 spiro atoms. The summed E-state index contributed by atoms with van der Waals surface area (Å²) in [6, 6.07) is 8.77. The molecule has 1 unspecified atom stereocenters. The third-order valence-corrected chi connectivity index (χ3v) is 3.85. The highest BCUT2D eigenvalue weighted by Crippen LogP contribution is 2.40. The van der Waals surface area contributed by atoms with E-state index in [1.165, 1.54) is 0 Å². The predicted molar refractivity (Wildman–Crippen MR) is 69.8 cm³/mol. The normalized spacial score (nSPS) is 13.6. The van der Waals surface area contributed by atoms with E-state index < -0.39 is 13.5 Å². The zero-order valence-corrected chi connectivity index (χ0v) is 11.3. The molecule has 5 heteroatoms. The van der Waals surface area contributed by atoms with Crippen molar-refractivity contribution in [2.45, 2.75) is 7.53 Å². The van der Waals surface area contributed by atoms with E-state index >= 15 is 0 Å². The largest absolute Gasteiger partial charge is 0.480 e. The predicted octanol–water partition coefficient (Wildman–Crippen LogP) is 2.37. The minimum atomic E-state index is -1.23. The lowest BCUT2D eigenvalue weighted by atomic mass is 10.1. The van der Waals surface area contributed by atoms with Gasteiger partial charge in [0, 0.05) is 0 Å². The van der Waals surface area contributed by atoms with Crippen molar-refractivity contribution in [3.8, 4) is 0 Å². The number of rotatable bonds is 3. The Hall–Kier alpha value is 0.110. The fraction of sp³-hybridized carbons (Fsp3) is 0.222. The molecule has 0 bridgehead atoms. The summed E-state index contributed by atoms with van der Waals surface area (Å²) in [4.78, 5) is 10.9. The van der Waals surface area contributed by atoms with Crippen molar-refractivity contribution in [1.29, 1.82) is 0 Å². The van der Waals surface area contributed by atoms with Gasteiger partial charge in [-0.15, -0.1) is 0 Å². The first kappa shape index (κ1) is 12.2. The van der Waals surface area contributed by atoms with Crippen LogP contribution in [0, 0.1) is 0 Å². The highest BCUT2D eigenvalue weighted by Gasteiger charge is 2.40. The van der Waals surface area contributed by atoms with Crippen LogP contribution in [0.1, 0.15) is 11.7 Å². The van der Waals surface area contributed by atoms with Crippen molar-refractivity contribution >= 4 is 51.2 Å². The molecular formula is C9H8I2O3. The van der Waals surface area contributed by atoms with E-state index in [2.05, 4.69) is 0 Å². The van der Waals surface area contributed by atoms with E-state index in [-0.39, 0.29) is 0 Å². The Morgan fingerprint density at radius 3 is 2.21 bits per heavy atom. The number of hydrogen-bond donors (Lipinski definition) is 2. The standard InChI is InChI=1S/C9H8I2O3/c10-9(11,8(13)14)7(12)6-4-2-1-3-5-6/h1-5,7,12H,(H,13,14). The Labute approximate surface area is 109 Å². The molecule has 1 aromatic carbocycles. The van der Waals surface area contributed by atoms with Crippen molar-refractivity contribution in [2.75, 3.05) is 0 Å². The molecule has 14 heavy (non-hydrogen) atoms. The first-order valence-corrected chi connectivity index (χ1v) is 5.96. The average Bonchev–Trinajstić information content (AvgIpc) is 2.17. The molecule has 0 aromatic heterocycles. The number of hydrogen-bond acceptors (Lipinski definition) is 2. The molecule has 0 fully saturated rings. The van der Waals surface area contributed by atoms with Crippen molar-refractivity contribution < 1.29 is 15.0 Å². The first-order valence-electron chi connectivity index (χ1n) is 3.80. The molecule has 3 nitrogen and oxygen atoms in total. The van der Waals surface area contributed by atoms with Crippen LogP contribution in [0.25, 0.3) is 0 Å². The van der Waals surface area contributed by atoms with Crippen LogP contribution in [0.2, 0.25) is 0 Å². The van der Waals surface area contributed by atoms with E-state index in [1.54, 1.807) is 69.4 Å². The minimum Gasteiger partial charge on any atom is -0.480 e. The summed E-state index contributed by atoms with van der Waals surface area (Å²) in [5.74, 6) is -1.03. The highest BCUT2D eigenvalue weighted by molar-refractivity contribution is 14.2. The van der Waals surface area contributed by atoms with Gasteiger partial charge in [0.1, 0.15) is 6.10 Å². The summed E-state index contributed by atoms with van der Waals surface area (Å²) in [5, 5.41) is 18.7. The molecule has 0 aliphatic rings. The smallest absolute Gasteiger partial charge is 0.332 e. The quantitative estimate of drug-likeness (QED) is 0.586. The molecule has 1 aromatic rings. The second-order valence-corrected chi connectivity index (χ2v) is 8.21. The van der Waals surface area contributed by atoms with E-state index in [1.807, 2.05) is 6.07 Å². The average molecular weight is 418 g/mol. The van der Waals surface area contributed by atoms with Gasteiger partial charge in [-0.05, 0) is 5.56 Å². The number of aliphatic carboxylic acids is 1. The van der Waals surface area contributed by atoms with Gasteiger partial charge < -0.3 is 10.2 Å². The maximum atomic E-state index is 10.9. The van der Waals surface area contributed by atoms with Gasteiger partial charge in [0.2, 0.25) is 0 Å². The van der Waals surface area contributed by atoms with Crippen molar-refractivity contribution in [1.82, 2.24) is 0 Å². The lowest BCUT2D eigenvalue weighted by Gasteiger charge is -2.22. The molecule has 0 amide bonds. The minimum absolute atomic E-state index is 0.610. The Bertz CT molecular complexity index is 324. The Kier molecular flexibility index (Phi) is 4.14. The summed E-state index contributed by atoms with van der Waals surface area (Å²) in [7, 11) is 0. The molecule has 0 aliphatic carbocycles. The summed E-state index contributed by atoms with van der Waals surface area (Å²) in [6.45, 7) is 0. The van der Waals surface area contributed by atoms with Gasteiger partial charge >= 0.3 is 5.97 Å². The summed E-state index contributed by atoms with van der Waals surface area (Å²) >= 11 is 3.46. The molecule has 0 saturated carbocycles. The topological polar surface area (TPSA) is 57.5 Å². The zero-order chi connectivity index (χ0) is 10.8. The van der Waals surface area contributed by atoms with Gasteiger partial charge in [-0.3, -0.25) is 0 Å². The van der Waals surface area contributed by atoms with E-state index in [4.69, 9.17) is 5.11 Å². The summed E-state index contributed by atoms with van der Waals surface area (Å²) in [6.07, 6.45) is -1.01. The molecule has 0 radical (unpaired) electrons. The van der Waals surface area contributed by atoms with Crippen LogP contribution in [0.3, 0.4) is 0 Å². The number of alkyl halides is 2. The van der Waals surface area contributed by atoms with Crippen LogP contribution < -0.4 is 0 Å². The van der Waals surface area contributed by atoms with Crippen LogP contribution in [0.4, 0.5) is 0 Å². The third kappa shape index (κ3) is 2.57. The number of aliphatic hydroxyl groups is 1. The van der Waals surface area contributed by atoms with Gasteiger partial charge in [0.05, 0.1) is 0 Å². The first-order chi connectivity index (χ1) is 6.46. The molecule has 1 atom stereocenters. The van der Waals surface area contributed by atoms with Crippen LogP contribution in [-0.4, -0.2) is 17.6 Å². The Morgan fingerprint density at radius 2 is 1.79 bits per heavy atom. The van der Waals surface area contributed by atoms with Gasteiger partial charge in [-0.1, -0.05) is 75.5 Å². The lowest BCUT2D eigenvalue weighted by Crippen LogP contribution is -2.31. The Balaban J connectivity index is 2.96. The SMILES string of the molecule is O=C(O)C(I)(I)C(O)c1ccccc1. The number of carbonyl (C=O) groups is 1. The van der Waals surface area contributed by atoms with Crippen LogP contribution in [0.5, 0.6) is 0 Å². The van der Waals surface area contributed by atoms with Crippen LogP contribution >= 0.6 is 45.2 Å². The molecule has 76 valence electrons. The number of aliphatic hydroxyl groups excluding tert-OH is 1. The number of halogens is 2. The number of benzene rings is 1. The molecule has 1 rings (SSSR count). The third-order valence-electron chi connectivity index (χ3n) is 1.74. The number of carboxylic acids is 1. The fourth-order valence-corrected chi connectivity index (χ4v) is 1.68. The number of carboxylic acid groups (broad SMARTS) is 1. The monoisotopic (exact) mass is 418 g/mol. The van der Waals surface area contributed by atoms with Gasteiger partial charge in [-0.2, -0.15) is 0 Å². The maximum Gasteiger partial charge on any atom is 0.332 e. The van der Waals surface area contributed by atoms with Crippen LogP contribution in [0.15, 0.2) is 30.3 Å². The molecule has 0 heterocycles. The molecule has 2 N–H and O–H groups in total. The van der Waals surface area contributed by atoms with E-state index in [9.17, 15) is 9.90 Å². The van der Waals surface area contributed by atoms with E-state index in [0.717, 1.165) is 0 Å². The fourth-order valence-electron chi connectivity index (χ4n) is 0.962. The van der Waals surface area contributed by atoms with Gasteiger partial charge in [0.15, 0.2) is 1.43 Å². The van der Waals surface area contributed by atoms with Crippen molar-refractivity contribution in [3.63, 3.8) is 0 Å². The van der Waals surface area contributed by atoms with Crippen molar-refractivity contribution in [2.24, 2.45) is 0 Å². The highest BCUT2D eigenvalue weighted by atomic mass is 127. The van der Waals surface area contributed by atoms with Crippen LogP contribution in [-0.2, 0) is 4.79 Å². The van der Waals surface area contributed by atoms with Gasteiger partial charge in [0.25, 0.3) is 0 Å². The molecule has 0 saturated heterocycles. The Morgan fingerprint density at radius 1 is 1.29 bits per heavy atom. The molecule has 0 aliphatic heterocycles. The van der Waals surface area contributed by atoms with E-state index in [0.29, 0.717) is 5.56 Å². The summed E-state index contributed by atoms with van der Waals surface area (Å²) in [5.41, 5.74) is 0.610. The molecular weight excluding hydrogens is 410 g/mol. The lowest BCUT2D eigenvalue weighted by molar-refractivity contribution is -0.138. The summed E-state index contributed by atoms with van der Waals surface area (Å²) < 4.78 is -1.23. The van der Waals surface area contributed by atoms with Gasteiger partial charge in [-0.25, -0.2) is 4.79 Å².